The number of carbonyl (C=O) groups is 2. The molecule has 2 fully saturated rings. The summed E-state index contributed by atoms with van der Waals surface area (Å²) in [5.41, 5.74) is 1.10. The van der Waals surface area contributed by atoms with Gasteiger partial charge in [0.05, 0.1) is 11.6 Å². The van der Waals surface area contributed by atoms with Crippen LogP contribution in [0.1, 0.15) is 19.4 Å². The largest absolute Gasteiger partial charge is 0.356 e. The van der Waals surface area contributed by atoms with Gasteiger partial charge in [0, 0.05) is 44.7 Å². The molecule has 2 aliphatic rings. The van der Waals surface area contributed by atoms with Gasteiger partial charge >= 0.3 is 6.03 Å². The normalized spacial score (nSPS) is 19.8. The van der Waals surface area contributed by atoms with Crippen LogP contribution in [-0.4, -0.2) is 54.5 Å². The molecule has 0 aromatic heterocycles. The minimum atomic E-state index is -0.461. The first-order valence-corrected chi connectivity index (χ1v) is 11.2. The Kier molecular flexibility index (Phi) is 6.46. The van der Waals surface area contributed by atoms with E-state index in [1.54, 1.807) is 23.1 Å². The molecule has 2 aromatic rings. The van der Waals surface area contributed by atoms with Crippen LogP contribution in [0.5, 0.6) is 0 Å². The number of carbonyl (C=O) groups excluding carboxylic acids is 2. The van der Waals surface area contributed by atoms with Gasteiger partial charge in [0.15, 0.2) is 0 Å². The van der Waals surface area contributed by atoms with Crippen LogP contribution in [-0.2, 0) is 11.3 Å². The van der Waals surface area contributed by atoms with Crippen molar-refractivity contribution in [2.75, 3.05) is 38.0 Å². The van der Waals surface area contributed by atoms with Crippen molar-refractivity contribution in [3.8, 4) is 0 Å². The second kappa shape index (κ2) is 9.28. The summed E-state index contributed by atoms with van der Waals surface area (Å²) in [6.07, 6.45) is 0. The van der Waals surface area contributed by atoms with Gasteiger partial charge in [-0.3, -0.25) is 9.69 Å². The Balaban J connectivity index is 1.44. The van der Waals surface area contributed by atoms with Gasteiger partial charge in [0.25, 0.3) is 0 Å². The zero-order chi connectivity index (χ0) is 22.7. The minimum Gasteiger partial charge on any atom is -0.356 e. The first-order chi connectivity index (χ1) is 15.4. The molecule has 0 bridgehead atoms. The molecular formula is C25H31FN4O2. The molecule has 2 aliphatic heterocycles. The molecule has 6 nitrogen and oxygen atoms in total. The summed E-state index contributed by atoms with van der Waals surface area (Å²) in [6, 6.07) is 16.0. The van der Waals surface area contributed by atoms with Crippen LogP contribution in [0.2, 0.25) is 0 Å². The van der Waals surface area contributed by atoms with E-state index in [1.165, 1.54) is 11.6 Å². The number of halogens is 1. The Morgan fingerprint density at radius 1 is 1.06 bits per heavy atom. The van der Waals surface area contributed by atoms with Crippen LogP contribution in [0.4, 0.5) is 14.9 Å². The third-order valence-electron chi connectivity index (χ3n) is 6.38. The lowest BCUT2D eigenvalue weighted by molar-refractivity contribution is -0.131. The van der Waals surface area contributed by atoms with E-state index in [-0.39, 0.29) is 29.0 Å². The number of anilines is 1. The highest BCUT2D eigenvalue weighted by Crippen LogP contribution is 2.44. The summed E-state index contributed by atoms with van der Waals surface area (Å²) in [4.78, 5) is 29.7. The van der Waals surface area contributed by atoms with E-state index in [2.05, 4.69) is 41.5 Å². The van der Waals surface area contributed by atoms with Crippen molar-refractivity contribution >= 4 is 17.6 Å². The number of rotatable bonds is 6. The van der Waals surface area contributed by atoms with Gasteiger partial charge in [-0.1, -0.05) is 56.3 Å². The van der Waals surface area contributed by atoms with Crippen LogP contribution in [0.15, 0.2) is 54.6 Å². The van der Waals surface area contributed by atoms with E-state index in [1.807, 2.05) is 18.2 Å². The Morgan fingerprint density at radius 2 is 1.75 bits per heavy atom. The van der Waals surface area contributed by atoms with Crippen LogP contribution in [0.25, 0.3) is 0 Å². The number of amides is 3. The van der Waals surface area contributed by atoms with Gasteiger partial charge in [-0.2, -0.15) is 0 Å². The number of benzene rings is 2. The van der Waals surface area contributed by atoms with Crippen LogP contribution in [0.3, 0.4) is 0 Å². The molecule has 2 saturated heterocycles. The van der Waals surface area contributed by atoms with Crippen molar-refractivity contribution in [2.24, 2.45) is 17.3 Å². The van der Waals surface area contributed by atoms with Gasteiger partial charge in [-0.15, -0.1) is 0 Å². The number of urea groups is 1. The molecule has 2 N–H and O–H groups in total. The van der Waals surface area contributed by atoms with E-state index < -0.39 is 5.82 Å². The Bertz CT molecular complexity index is 959. The number of nitrogens with zero attached hydrogens (tertiary/aromatic N) is 2. The van der Waals surface area contributed by atoms with E-state index in [9.17, 15) is 14.0 Å². The maximum atomic E-state index is 13.9. The minimum absolute atomic E-state index is 0.0587. The Labute approximate surface area is 188 Å². The number of hydrogen-bond acceptors (Lipinski definition) is 3. The SMILES string of the molecule is CC(C)CNC(=O)C1CN(Cc2ccccc2)CC12CN(C(=O)Nc1ccccc1F)C2. The highest BCUT2D eigenvalue weighted by Gasteiger charge is 2.57. The smallest absolute Gasteiger partial charge is 0.321 e. The summed E-state index contributed by atoms with van der Waals surface area (Å²) in [6.45, 7) is 7.96. The number of hydrogen-bond donors (Lipinski definition) is 2. The zero-order valence-corrected chi connectivity index (χ0v) is 18.7. The number of nitrogens with one attached hydrogen (secondary N) is 2. The van der Waals surface area contributed by atoms with E-state index in [0.29, 0.717) is 32.1 Å². The van der Waals surface area contributed by atoms with Crippen molar-refractivity contribution < 1.29 is 14.0 Å². The predicted molar refractivity (Wildman–Crippen MR) is 122 cm³/mol. The number of likely N-dealkylation sites (tertiary alicyclic amines) is 2. The molecule has 1 spiro atoms. The Morgan fingerprint density at radius 3 is 2.44 bits per heavy atom. The molecule has 4 rings (SSSR count). The lowest BCUT2D eigenvalue weighted by atomic mass is 9.71. The standard InChI is InChI=1S/C25H31FN4O2/c1-18(2)12-27-23(31)20-14-29(13-19-8-4-3-5-9-19)15-25(20)16-30(17-25)24(32)28-22-11-7-6-10-21(22)26/h3-11,18,20H,12-17H2,1-2H3,(H,27,31)(H,28,32). The van der Waals surface area contributed by atoms with Crippen molar-refractivity contribution in [3.63, 3.8) is 0 Å². The predicted octanol–water partition coefficient (Wildman–Crippen LogP) is 3.56. The fourth-order valence-electron chi connectivity index (χ4n) is 4.76. The maximum Gasteiger partial charge on any atom is 0.321 e. The van der Waals surface area contributed by atoms with Gasteiger partial charge in [0.1, 0.15) is 5.82 Å². The van der Waals surface area contributed by atoms with Crippen LogP contribution in [0, 0.1) is 23.1 Å². The van der Waals surface area contributed by atoms with E-state index >= 15 is 0 Å². The maximum absolute atomic E-state index is 13.9. The lowest BCUT2D eigenvalue weighted by Gasteiger charge is -2.50. The molecule has 2 heterocycles. The third-order valence-corrected chi connectivity index (χ3v) is 6.38. The van der Waals surface area contributed by atoms with Crippen molar-refractivity contribution in [3.05, 3.63) is 66.0 Å². The lowest BCUT2D eigenvalue weighted by Crippen LogP contribution is -2.64. The first kappa shape index (κ1) is 22.3. The van der Waals surface area contributed by atoms with Gasteiger partial charge in [-0.05, 0) is 23.6 Å². The molecule has 0 radical (unpaired) electrons. The summed E-state index contributed by atoms with van der Waals surface area (Å²) in [7, 11) is 0. The average Bonchev–Trinajstić information content (AvgIpc) is 3.13. The summed E-state index contributed by atoms with van der Waals surface area (Å²) in [5, 5.41) is 5.74. The molecule has 2 aromatic carbocycles. The zero-order valence-electron chi connectivity index (χ0n) is 18.7. The first-order valence-electron chi connectivity index (χ1n) is 11.2. The molecule has 1 unspecified atom stereocenters. The van der Waals surface area contributed by atoms with Gasteiger partial charge in [0.2, 0.25) is 5.91 Å². The summed E-state index contributed by atoms with van der Waals surface area (Å²) >= 11 is 0. The fourth-order valence-corrected chi connectivity index (χ4v) is 4.76. The second-order valence-electron chi connectivity index (χ2n) is 9.48. The van der Waals surface area contributed by atoms with Crippen molar-refractivity contribution in [1.29, 1.82) is 0 Å². The Hall–Kier alpha value is -2.93. The van der Waals surface area contributed by atoms with Crippen LogP contribution >= 0.6 is 0 Å². The van der Waals surface area contributed by atoms with Crippen LogP contribution < -0.4 is 10.6 Å². The highest BCUT2D eigenvalue weighted by molar-refractivity contribution is 5.90. The molecular weight excluding hydrogens is 407 g/mol. The molecule has 3 amide bonds. The number of para-hydroxylation sites is 1. The van der Waals surface area contributed by atoms with Gasteiger partial charge < -0.3 is 15.5 Å². The van der Waals surface area contributed by atoms with Crippen molar-refractivity contribution in [2.45, 2.75) is 20.4 Å². The summed E-state index contributed by atoms with van der Waals surface area (Å²) in [5.74, 6) is -0.205. The molecule has 7 heteroatoms. The quantitative estimate of drug-likeness (QED) is 0.725. The van der Waals surface area contributed by atoms with Gasteiger partial charge in [-0.25, -0.2) is 9.18 Å². The topological polar surface area (TPSA) is 64.7 Å². The summed E-state index contributed by atoms with van der Waals surface area (Å²) < 4.78 is 13.9. The third kappa shape index (κ3) is 4.78. The highest BCUT2D eigenvalue weighted by atomic mass is 19.1. The molecule has 170 valence electrons. The average molecular weight is 439 g/mol. The molecule has 32 heavy (non-hydrogen) atoms. The van der Waals surface area contributed by atoms with Crippen molar-refractivity contribution in [1.82, 2.24) is 15.1 Å². The molecule has 0 saturated carbocycles. The van der Waals surface area contributed by atoms with E-state index in [4.69, 9.17) is 0 Å². The van der Waals surface area contributed by atoms with E-state index in [0.717, 1.165) is 13.1 Å². The fraction of sp³-hybridized carbons (Fsp3) is 0.440. The second-order valence-corrected chi connectivity index (χ2v) is 9.48. The monoisotopic (exact) mass is 438 g/mol. The molecule has 0 aliphatic carbocycles. The molecule has 1 atom stereocenters.